The number of rotatable bonds is 6. The van der Waals surface area contributed by atoms with Crippen LogP contribution in [0, 0.1) is 6.92 Å². The van der Waals surface area contributed by atoms with Crippen molar-refractivity contribution < 1.29 is 23.4 Å². The van der Waals surface area contributed by atoms with Crippen molar-refractivity contribution >= 4 is 11.5 Å². The normalized spacial score (nSPS) is 14.3. The summed E-state index contributed by atoms with van der Waals surface area (Å²) in [5.41, 5.74) is 3.13. The van der Waals surface area contributed by atoms with Crippen LogP contribution in [0.4, 0.5) is 20.3 Å². The molecule has 146 valence electrons. The molecular formula is C19H18F2N4O3. The third-order valence-corrected chi connectivity index (χ3v) is 4.17. The minimum Gasteiger partial charge on any atom is -0.396 e. The fraction of sp³-hybridized carbons (Fsp3) is 0.263. The van der Waals surface area contributed by atoms with Gasteiger partial charge >= 0.3 is 6.29 Å². The van der Waals surface area contributed by atoms with E-state index in [-0.39, 0.29) is 18.1 Å². The van der Waals surface area contributed by atoms with Crippen molar-refractivity contribution in [2.24, 2.45) is 0 Å². The van der Waals surface area contributed by atoms with Crippen molar-refractivity contribution in [1.82, 2.24) is 14.8 Å². The standard InChI is InChI=1S/C19H18F2N4O3/c1-12-9-15(6-7-22-12)25-14(3-2-8-26)11-18(24-25)23-13-4-5-16-17(10-13)28-19(20,21)27-16/h4-7,9-11,26H,2-3,8H2,1H3,(H,23,24). The van der Waals surface area contributed by atoms with Crippen molar-refractivity contribution in [2.45, 2.75) is 26.1 Å². The van der Waals surface area contributed by atoms with Crippen LogP contribution in [0.3, 0.4) is 0 Å². The number of aliphatic hydroxyl groups is 1. The third kappa shape index (κ3) is 3.74. The molecule has 1 aliphatic rings. The smallest absolute Gasteiger partial charge is 0.396 e. The van der Waals surface area contributed by atoms with Gasteiger partial charge in [0, 0.05) is 42.0 Å². The van der Waals surface area contributed by atoms with E-state index in [9.17, 15) is 8.78 Å². The molecule has 7 nitrogen and oxygen atoms in total. The van der Waals surface area contributed by atoms with Crippen molar-refractivity contribution in [3.05, 3.63) is 54.0 Å². The second-order valence-corrected chi connectivity index (χ2v) is 6.37. The molecule has 1 aliphatic heterocycles. The van der Waals surface area contributed by atoms with E-state index in [4.69, 9.17) is 5.11 Å². The molecule has 28 heavy (non-hydrogen) atoms. The number of anilines is 2. The Morgan fingerprint density at radius 1 is 1.14 bits per heavy atom. The number of aliphatic hydroxyl groups excluding tert-OH is 1. The third-order valence-electron chi connectivity index (χ3n) is 4.17. The van der Waals surface area contributed by atoms with E-state index in [1.165, 1.54) is 12.1 Å². The molecule has 0 unspecified atom stereocenters. The molecule has 0 bridgehead atoms. The molecule has 0 saturated heterocycles. The second-order valence-electron chi connectivity index (χ2n) is 6.37. The average Bonchev–Trinajstić information content (AvgIpc) is 3.18. The number of hydrogen-bond donors (Lipinski definition) is 2. The maximum absolute atomic E-state index is 13.2. The predicted molar refractivity (Wildman–Crippen MR) is 97.4 cm³/mol. The zero-order chi connectivity index (χ0) is 19.7. The lowest BCUT2D eigenvalue weighted by Gasteiger charge is -2.07. The Kier molecular flexibility index (Phi) is 4.60. The van der Waals surface area contributed by atoms with Crippen LogP contribution in [0.15, 0.2) is 42.6 Å². The van der Waals surface area contributed by atoms with Crippen molar-refractivity contribution in [2.75, 3.05) is 11.9 Å². The zero-order valence-electron chi connectivity index (χ0n) is 15.0. The van der Waals surface area contributed by atoms with Crippen LogP contribution in [-0.4, -0.2) is 32.8 Å². The van der Waals surface area contributed by atoms with Gasteiger partial charge in [0.05, 0.1) is 5.69 Å². The Morgan fingerprint density at radius 2 is 1.96 bits per heavy atom. The summed E-state index contributed by atoms with van der Waals surface area (Å²) in [5.74, 6) is 0.477. The molecule has 4 rings (SSSR count). The number of benzene rings is 1. The lowest BCUT2D eigenvalue weighted by atomic mass is 10.2. The van der Waals surface area contributed by atoms with Gasteiger partial charge in [-0.15, -0.1) is 13.9 Å². The maximum Gasteiger partial charge on any atom is 0.586 e. The van der Waals surface area contributed by atoms with Crippen LogP contribution in [0.1, 0.15) is 17.8 Å². The predicted octanol–water partition coefficient (Wildman–Crippen LogP) is 3.57. The van der Waals surface area contributed by atoms with E-state index < -0.39 is 6.29 Å². The number of pyridine rings is 1. The zero-order valence-corrected chi connectivity index (χ0v) is 15.0. The molecule has 3 aromatic rings. The van der Waals surface area contributed by atoms with Gasteiger partial charge in [-0.2, -0.15) is 0 Å². The van der Waals surface area contributed by atoms with Gasteiger partial charge in [0.2, 0.25) is 0 Å². The van der Waals surface area contributed by atoms with Gasteiger partial charge in [-0.1, -0.05) is 0 Å². The molecule has 2 N–H and O–H groups in total. The lowest BCUT2D eigenvalue weighted by molar-refractivity contribution is -0.286. The number of alkyl halides is 2. The Balaban J connectivity index is 1.62. The number of hydrogen-bond acceptors (Lipinski definition) is 6. The van der Waals surface area contributed by atoms with Crippen molar-refractivity contribution in [1.29, 1.82) is 0 Å². The Labute approximate surface area is 159 Å². The van der Waals surface area contributed by atoms with Crippen LogP contribution < -0.4 is 14.8 Å². The fourth-order valence-electron chi connectivity index (χ4n) is 2.98. The first-order valence-electron chi connectivity index (χ1n) is 8.73. The Hall–Kier alpha value is -3.20. The summed E-state index contributed by atoms with van der Waals surface area (Å²) in [6.07, 6.45) is -0.735. The number of aryl methyl sites for hydroxylation is 2. The molecule has 1 aromatic carbocycles. The summed E-state index contributed by atoms with van der Waals surface area (Å²) in [7, 11) is 0. The van der Waals surface area contributed by atoms with Crippen molar-refractivity contribution in [3.8, 4) is 17.2 Å². The number of fused-ring (bicyclic) bond motifs is 1. The van der Waals surface area contributed by atoms with E-state index in [2.05, 4.69) is 24.9 Å². The van der Waals surface area contributed by atoms with Gasteiger partial charge < -0.3 is 19.9 Å². The maximum atomic E-state index is 13.2. The van der Waals surface area contributed by atoms with Crippen LogP contribution in [0.2, 0.25) is 0 Å². The molecule has 0 saturated carbocycles. The van der Waals surface area contributed by atoms with E-state index >= 15 is 0 Å². The van der Waals surface area contributed by atoms with Crippen LogP contribution >= 0.6 is 0 Å². The molecule has 0 radical (unpaired) electrons. The first kappa shape index (κ1) is 18.2. The largest absolute Gasteiger partial charge is 0.586 e. The van der Waals surface area contributed by atoms with Gasteiger partial charge in [0.25, 0.3) is 0 Å². The van der Waals surface area contributed by atoms with E-state index in [0.717, 1.165) is 17.1 Å². The molecule has 0 spiro atoms. The van der Waals surface area contributed by atoms with Crippen LogP contribution in [0.25, 0.3) is 5.69 Å². The highest BCUT2D eigenvalue weighted by Gasteiger charge is 2.43. The summed E-state index contributed by atoms with van der Waals surface area (Å²) < 4.78 is 37.0. The highest BCUT2D eigenvalue weighted by molar-refractivity contribution is 5.62. The number of aromatic nitrogens is 3. The van der Waals surface area contributed by atoms with Crippen LogP contribution in [-0.2, 0) is 6.42 Å². The molecular weight excluding hydrogens is 370 g/mol. The average molecular weight is 388 g/mol. The van der Waals surface area contributed by atoms with E-state index in [1.807, 2.05) is 25.1 Å². The molecule has 9 heteroatoms. The summed E-state index contributed by atoms with van der Waals surface area (Å²) in [6, 6.07) is 10.0. The number of nitrogens with zero attached hydrogens (tertiary/aromatic N) is 3. The highest BCUT2D eigenvalue weighted by Crippen LogP contribution is 2.42. The van der Waals surface area contributed by atoms with Crippen LogP contribution in [0.5, 0.6) is 11.5 Å². The number of ether oxygens (including phenoxy) is 2. The number of nitrogens with one attached hydrogen (secondary N) is 1. The Morgan fingerprint density at radius 3 is 2.75 bits per heavy atom. The summed E-state index contributed by atoms with van der Waals surface area (Å²) >= 11 is 0. The van der Waals surface area contributed by atoms with Gasteiger partial charge in [0.15, 0.2) is 17.3 Å². The SMILES string of the molecule is Cc1cc(-n2nc(Nc3ccc4c(c3)OC(F)(F)O4)cc2CCCO)ccn1. The van der Waals surface area contributed by atoms with Gasteiger partial charge in [-0.3, -0.25) is 4.98 Å². The Bertz CT molecular complexity index is 1010. The second kappa shape index (κ2) is 7.08. The molecule has 0 atom stereocenters. The number of halogens is 2. The first-order chi connectivity index (χ1) is 13.4. The monoisotopic (exact) mass is 388 g/mol. The lowest BCUT2D eigenvalue weighted by Crippen LogP contribution is -2.25. The molecule has 0 aliphatic carbocycles. The summed E-state index contributed by atoms with van der Waals surface area (Å²) in [5, 5.41) is 16.8. The van der Waals surface area contributed by atoms with Gasteiger partial charge in [0.1, 0.15) is 0 Å². The van der Waals surface area contributed by atoms with E-state index in [1.54, 1.807) is 16.9 Å². The molecule has 0 amide bonds. The van der Waals surface area contributed by atoms with Gasteiger partial charge in [-0.05, 0) is 44.0 Å². The summed E-state index contributed by atoms with van der Waals surface area (Å²) in [6.45, 7) is 1.96. The van der Waals surface area contributed by atoms with Gasteiger partial charge in [-0.25, -0.2) is 4.68 Å². The van der Waals surface area contributed by atoms with Crippen molar-refractivity contribution in [3.63, 3.8) is 0 Å². The highest BCUT2D eigenvalue weighted by atomic mass is 19.3. The summed E-state index contributed by atoms with van der Waals surface area (Å²) in [4.78, 5) is 4.19. The molecule has 2 aromatic heterocycles. The minimum absolute atomic E-state index is 0.0167. The first-order valence-corrected chi connectivity index (χ1v) is 8.73. The van der Waals surface area contributed by atoms with E-state index in [0.29, 0.717) is 24.3 Å². The molecule has 3 heterocycles. The minimum atomic E-state index is -3.65. The quantitative estimate of drug-likeness (QED) is 0.672. The topological polar surface area (TPSA) is 81.4 Å². The molecule has 0 fully saturated rings. The fourth-order valence-corrected chi connectivity index (χ4v) is 2.98.